The molecule has 2 heterocycles. The number of hydrogen-bond acceptors (Lipinski definition) is 4. The van der Waals surface area contributed by atoms with Gasteiger partial charge in [0.25, 0.3) is 5.78 Å². The number of rotatable bonds is 4. The maximum absolute atomic E-state index is 12.3. The lowest BCUT2D eigenvalue weighted by Gasteiger charge is -2.29. The third kappa shape index (κ3) is 3.35. The molecule has 1 N–H and O–H groups in total. The second-order valence-electron chi connectivity index (χ2n) is 6.67. The Morgan fingerprint density at radius 2 is 2.13 bits per heavy atom. The molecule has 2 unspecified atom stereocenters. The second kappa shape index (κ2) is 6.64. The summed E-state index contributed by atoms with van der Waals surface area (Å²) in [6, 6.07) is 0.342. The summed E-state index contributed by atoms with van der Waals surface area (Å²) in [6.07, 6.45) is 7.53. The first-order valence-corrected chi connectivity index (χ1v) is 8.51. The van der Waals surface area contributed by atoms with Crippen LogP contribution >= 0.6 is 0 Å². The average Bonchev–Trinajstić information content (AvgIpc) is 2.98. The topological polar surface area (TPSA) is 72.2 Å². The van der Waals surface area contributed by atoms with Crippen LogP contribution in [0.4, 0.5) is 0 Å². The molecule has 0 aliphatic heterocycles. The highest BCUT2D eigenvalue weighted by Crippen LogP contribution is 2.24. The fourth-order valence-corrected chi connectivity index (χ4v) is 3.57. The Kier molecular flexibility index (Phi) is 4.59. The van der Waals surface area contributed by atoms with E-state index < -0.39 is 0 Å². The van der Waals surface area contributed by atoms with Crippen LogP contribution in [0.5, 0.6) is 0 Å². The molecule has 1 amide bonds. The molecule has 0 saturated heterocycles. The van der Waals surface area contributed by atoms with Gasteiger partial charge in [0.05, 0.1) is 0 Å². The van der Waals surface area contributed by atoms with Crippen LogP contribution in [0.15, 0.2) is 6.33 Å². The van der Waals surface area contributed by atoms with Crippen molar-refractivity contribution in [3.05, 3.63) is 23.3 Å². The van der Waals surface area contributed by atoms with Gasteiger partial charge in [-0.05, 0) is 44.6 Å². The number of aromatic nitrogens is 4. The van der Waals surface area contributed by atoms with Gasteiger partial charge in [-0.3, -0.25) is 4.79 Å². The Morgan fingerprint density at radius 3 is 2.91 bits per heavy atom. The number of nitrogens with one attached hydrogen (secondary N) is 1. The summed E-state index contributed by atoms with van der Waals surface area (Å²) >= 11 is 0. The number of nitrogens with zero attached hydrogens (tertiary/aromatic N) is 4. The Labute approximate surface area is 136 Å². The third-order valence-corrected chi connectivity index (χ3v) is 5.05. The van der Waals surface area contributed by atoms with Gasteiger partial charge in [-0.25, -0.2) is 9.50 Å². The van der Waals surface area contributed by atoms with Crippen LogP contribution in [0.1, 0.15) is 56.0 Å². The zero-order valence-corrected chi connectivity index (χ0v) is 14.2. The Morgan fingerprint density at radius 1 is 1.35 bits per heavy atom. The third-order valence-electron chi connectivity index (χ3n) is 5.05. The van der Waals surface area contributed by atoms with E-state index in [1.165, 1.54) is 25.6 Å². The van der Waals surface area contributed by atoms with Crippen molar-refractivity contribution in [2.45, 2.75) is 65.3 Å². The zero-order valence-electron chi connectivity index (χ0n) is 14.2. The fourth-order valence-electron chi connectivity index (χ4n) is 3.57. The van der Waals surface area contributed by atoms with E-state index in [9.17, 15) is 4.79 Å². The van der Waals surface area contributed by atoms with Crippen LogP contribution in [-0.2, 0) is 11.2 Å². The van der Waals surface area contributed by atoms with Crippen molar-refractivity contribution in [3.63, 3.8) is 0 Å². The van der Waals surface area contributed by atoms with Crippen LogP contribution in [-0.4, -0.2) is 31.5 Å². The first-order valence-electron chi connectivity index (χ1n) is 8.51. The minimum Gasteiger partial charge on any atom is -0.353 e. The number of aryl methyl sites for hydroxylation is 2. The number of hydrogen-bond donors (Lipinski definition) is 1. The van der Waals surface area contributed by atoms with Crippen molar-refractivity contribution in [1.82, 2.24) is 24.9 Å². The number of carbonyl (C=O) groups is 1. The monoisotopic (exact) mass is 315 g/mol. The van der Waals surface area contributed by atoms with Gasteiger partial charge in [-0.1, -0.05) is 19.8 Å². The maximum atomic E-state index is 12.3. The number of carbonyl (C=O) groups excluding carboxylic acids is 1. The van der Waals surface area contributed by atoms with Gasteiger partial charge >= 0.3 is 0 Å². The Hall–Kier alpha value is -1.98. The van der Waals surface area contributed by atoms with E-state index in [0.717, 1.165) is 23.4 Å². The van der Waals surface area contributed by atoms with Crippen molar-refractivity contribution in [2.75, 3.05) is 0 Å². The number of fused-ring (bicyclic) bond motifs is 1. The summed E-state index contributed by atoms with van der Waals surface area (Å²) in [5, 5.41) is 7.41. The molecule has 2 aromatic rings. The van der Waals surface area contributed by atoms with Crippen molar-refractivity contribution >= 4 is 11.7 Å². The highest BCUT2D eigenvalue weighted by atomic mass is 16.1. The van der Waals surface area contributed by atoms with Gasteiger partial charge < -0.3 is 5.32 Å². The molecule has 6 heteroatoms. The lowest BCUT2D eigenvalue weighted by Crippen LogP contribution is -2.41. The summed E-state index contributed by atoms with van der Waals surface area (Å²) in [4.78, 5) is 20.9. The lowest BCUT2D eigenvalue weighted by molar-refractivity contribution is -0.122. The highest BCUT2D eigenvalue weighted by molar-refractivity contribution is 5.76. The summed E-state index contributed by atoms with van der Waals surface area (Å²) in [5.41, 5.74) is 3.04. The molecule has 2 atom stereocenters. The molecule has 3 rings (SSSR count). The molecule has 23 heavy (non-hydrogen) atoms. The molecule has 0 aromatic carbocycles. The summed E-state index contributed by atoms with van der Waals surface area (Å²) in [7, 11) is 0. The van der Waals surface area contributed by atoms with Gasteiger partial charge in [0.1, 0.15) is 6.33 Å². The van der Waals surface area contributed by atoms with Gasteiger partial charge in [0.2, 0.25) is 5.91 Å². The molecule has 2 aromatic heterocycles. The predicted octanol–water partition coefficient (Wildman–Crippen LogP) is 2.37. The predicted molar refractivity (Wildman–Crippen MR) is 88.1 cm³/mol. The minimum atomic E-state index is 0.140. The molecule has 0 radical (unpaired) electrons. The molecule has 0 bridgehead atoms. The van der Waals surface area contributed by atoms with Crippen LogP contribution in [0.25, 0.3) is 5.78 Å². The molecule has 0 spiro atoms. The van der Waals surface area contributed by atoms with Crippen LogP contribution in [0, 0.1) is 19.8 Å². The van der Waals surface area contributed by atoms with E-state index in [4.69, 9.17) is 0 Å². The van der Waals surface area contributed by atoms with E-state index in [1.807, 2.05) is 13.8 Å². The fraction of sp³-hybridized carbons (Fsp3) is 0.647. The van der Waals surface area contributed by atoms with Crippen LogP contribution in [0.2, 0.25) is 0 Å². The van der Waals surface area contributed by atoms with Gasteiger partial charge in [-0.15, -0.1) is 0 Å². The summed E-state index contributed by atoms with van der Waals surface area (Å²) in [5.74, 6) is 1.34. The molecule has 124 valence electrons. The summed E-state index contributed by atoms with van der Waals surface area (Å²) in [6.45, 7) is 6.21. The first-order chi connectivity index (χ1) is 11.1. The first kappa shape index (κ1) is 15.9. The number of amides is 1. The smallest absolute Gasteiger partial charge is 0.252 e. The van der Waals surface area contributed by atoms with Crippen molar-refractivity contribution < 1.29 is 4.79 Å². The zero-order chi connectivity index (χ0) is 16.4. The SMILES string of the molecule is Cc1nc2ncnn2c(C)c1CCC(=O)NC1CCCCC1C. The van der Waals surface area contributed by atoms with E-state index >= 15 is 0 Å². The van der Waals surface area contributed by atoms with E-state index in [0.29, 0.717) is 30.6 Å². The van der Waals surface area contributed by atoms with Crippen LogP contribution in [0.3, 0.4) is 0 Å². The molecule has 1 saturated carbocycles. The summed E-state index contributed by atoms with van der Waals surface area (Å²) < 4.78 is 1.74. The maximum Gasteiger partial charge on any atom is 0.252 e. The average molecular weight is 315 g/mol. The molecular formula is C17H25N5O. The molecule has 1 aliphatic rings. The Bertz CT molecular complexity index is 708. The van der Waals surface area contributed by atoms with E-state index in [1.54, 1.807) is 4.52 Å². The minimum absolute atomic E-state index is 0.140. The highest BCUT2D eigenvalue weighted by Gasteiger charge is 2.22. The van der Waals surface area contributed by atoms with E-state index in [2.05, 4.69) is 27.3 Å². The molecule has 1 fully saturated rings. The van der Waals surface area contributed by atoms with Gasteiger partial charge in [0.15, 0.2) is 0 Å². The normalized spacial score (nSPS) is 21.5. The van der Waals surface area contributed by atoms with Gasteiger partial charge in [-0.2, -0.15) is 10.1 Å². The van der Waals surface area contributed by atoms with Crippen molar-refractivity contribution in [2.24, 2.45) is 5.92 Å². The molecule has 6 nitrogen and oxygen atoms in total. The van der Waals surface area contributed by atoms with E-state index in [-0.39, 0.29) is 5.91 Å². The standard InChI is InChI=1S/C17H25N5O/c1-11-6-4-5-7-15(11)21-16(23)9-8-14-12(2)20-17-18-10-19-22(17)13(14)3/h10-11,15H,4-9H2,1-3H3,(H,21,23). The van der Waals surface area contributed by atoms with Crippen molar-refractivity contribution in [1.29, 1.82) is 0 Å². The largest absolute Gasteiger partial charge is 0.353 e. The lowest BCUT2D eigenvalue weighted by atomic mass is 9.86. The quantitative estimate of drug-likeness (QED) is 0.940. The van der Waals surface area contributed by atoms with Crippen molar-refractivity contribution in [3.8, 4) is 0 Å². The van der Waals surface area contributed by atoms with Crippen LogP contribution < -0.4 is 5.32 Å². The molecule has 1 aliphatic carbocycles. The Balaban J connectivity index is 1.64. The second-order valence-corrected chi connectivity index (χ2v) is 6.67. The molecular weight excluding hydrogens is 290 g/mol. The van der Waals surface area contributed by atoms with Gasteiger partial charge in [0, 0.05) is 23.9 Å².